The number of fused-ring (bicyclic) bond motifs is 1. The molecule has 19 heavy (non-hydrogen) atoms. The predicted molar refractivity (Wildman–Crippen MR) is 70.5 cm³/mol. The molecule has 0 aliphatic rings. The van der Waals surface area contributed by atoms with Crippen LogP contribution in [0.2, 0.25) is 0 Å². The van der Waals surface area contributed by atoms with Crippen molar-refractivity contribution >= 4 is 16.8 Å². The number of amides is 1. The molecule has 1 amide bonds. The number of hydrogen-bond donors (Lipinski definition) is 2. The lowest BCUT2D eigenvalue weighted by Gasteiger charge is -2.10. The van der Waals surface area contributed by atoms with Crippen molar-refractivity contribution in [2.45, 2.75) is 20.0 Å². The summed E-state index contributed by atoms with van der Waals surface area (Å²) < 4.78 is 13.3. The summed E-state index contributed by atoms with van der Waals surface area (Å²) in [5.41, 5.74) is 1.62. The van der Waals surface area contributed by atoms with E-state index in [-0.39, 0.29) is 12.5 Å². The highest BCUT2D eigenvalue weighted by molar-refractivity contribution is 6.06. The first-order chi connectivity index (χ1) is 8.97. The third kappa shape index (κ3) is 3.06. The van der Waals surface area contributed by atoms with Gasteiger partial charge in [0.1, 0.15) is 5.82 Å². The highest BCUT2D eigenvalue weighted by Crippen LogP contribution is 2.19. The van der Waals surface area contributed by atoms with E-state index < -0.39 is 11.9 Å². The van der Waals surface area contributed by atoms with E-state index >= 15 is 0 Å². The van der Waals surface area contributed by atoms with Crippen molar-refractivity contribution in [2.24, 2.45) is 0 Å². The first-order valence-corrected chi connectivity index (χ1v) is 6.00. The minimum atomic E-state index is -0.630. The number of pyridine rings is 1. The monoisotopic (exact) mass is 262 g/mol. The van der Waals surface area contributed by atoms with Gasteiger partial charge in [0.2, 0.25) is 0 Å². The van der Waals surface area contributed by atoms with Crippen LogP contribution in [0.4, 0.5) is 4.39 Å². The number of benzene rings is 1. The lowest BCUT2D eigenvalue weighted by atomic mass is 10.1. The van der Waals surface area contributed by atoms with Crippen LogP contribution in [0.3, 0.4) is 0 Å². The molecule has 1 aromatic carbocycles. The maximum absolute atomic E-state index is 13.3. The number of aromatic nitrogens is 1. The van der Waals surface area contributed by atoms with Gasteiger partial charge in [0.15, 0.2) is 0 Å². The van der Waals surface area contributed by atoms with Crippen LogP contribution in [0.15, 0.2) is 24.3 Å². The van der Waals surface area contributed by atoms with Crippen LogP contribution >= 0.6 is 0 Å². The van der Waals surface area contributed by atoms with E-state index in [0.29, 0.717) is 22.2 Å². The molecule has 0 saturated heterocycles. The average molecular weight is 262 g/mol. The number of aliphatic hydroxyl groups is 1. The fraction of sp³-hybridized carbons (Fsp3) is 0.286. The molecule has 0 fully saturated rings. The molecule has 2 N–H and O–H groups in total. The fourth-order valence-corrected chi connectivity index (χ4v) is 1.85. The zero-order valence-corrected chi connectivity index (χ0v) is 10.8. The van der Waals surface area contributed by atoms with Gasteiger partial charge in [0.25, 0.3) is 5.91 Å². The molecule has 2 aromatic rings. The number of rotatable bonds is 3. The molecule has 2 rings (SSSR count). The standard InChI is InChI=1S/C14H15FN2O2/c1-8-5-12(14(19)16-7-9(2)18)11-6-10(15)3-4-13(11)17-8/h3-6,9,18H,7H2,1-2H3,(H,16,19). The van der Waals surface area contributed by atoms with Gasteiger partial charge < -0.3 is 10.4 Å². The quantitative estimate of drug-likeness (QED) is 0.886. The largest absolute Gasteiger partial charge is 0.392 e. The molecule has 0 aliphatic carbocycles. The second-order valence-corrected chi connectivity index (χ2v) is 4.53. The highest BCUT2D eigenvalue weighted by atomic mass is 19.1. The molecule has 1 aromatic heterocycles. The van der Waals surface area contributed by atoms with Gasteiger partial charge in [0, 0.05) is 17.6 Å². The lowest BCUT2D eigenvalue weighted by Crippen LogP contribution is -2.30. The smallest absolute Gasteiger partial charge is 0.252 e. The van der Waals surface area contributed by atoms with Crippen molar-refractivity contribution in [2.75, 3.05) is 6.54 Å². The summed E-state index contributed by atoms with van der Waals surface area (Å²) in [6.07, 6.45) is -0.630. The Hall–Kier alpha value is -2.01. The number of carbonyl (C=O) groups is 1. The van der Waals surface area contributed by atoms with Gasteiger partial charge >= 0.3 is 0 Å². The van der Waals surface area contributed by atoms with Crippen LogP contribution < -0.4 is 5.32 Å². The number of nitrogens with zero attached hydrogens (tertiary/aromatic N) is 1. The normalized spacial score (nSPS) is 12.4. The van der Waals surface area contributed by atoms with Crippen LogP contribution in [-0.2, 0) is 0 Å². The summed E-state index contributed by atoms with van der Waals surface area (Å²) in [7, 11) is 0. The van der Waals surface area contributed by atoms with E-state index in [2.05, 4.69) is 10.3 Å². The van der Waals surface area contributed by atoms with Gasteiger partial charge in [0.05, 0.1) is 17.2 Å². The number of carbonyl (C=O) groups excluding carboxylic acids is 1. The van der Waals surface area contributed by atoms with Gasteiger partial charge in [-0.25, -0.2) is 4.39 Å². The minimum absolute atomic E-state index is 0.150. The average Bonchev–Trinajstić information content (AvgIpc) is 2.35. The topological polar surface area (TPSA) is 62.2 Å². The van der Waals surface area contributed by atoms with Gasteiger partial charge in [-0.15, -0.1) is 0 Å². The fourth-order valence-electron chi connectivity index (χ4n) is 1.85. The molecule has 0 aliphatic heterocycles. The van der Waals surface area contributed by atoms with Crippen molar-refractivity contribution in [3.63, 3.8) is 0 Å². The van der Waals surface area contributed by atoms with E-state index in [1.54, 1.807) is 26.0 Å². The molecule has 1 unspecified atom stereocenters. The summed E-state index contributed by atoms with van der Waals surface area (Å²) in [6.45, 7) is 3.50. The highest BCUT2D eigenvalue weighted by Gasteiger charge is 2.13. The number of nitrogens with one attached hydrogen (secondary N) is 1. The van der Waals surface area contributed by atoms with Crippen molar-refractivity contribution in [3.8, 4) is 0 Å². The summed E-state index contributed by atoms with van der Waals surface area (Å²) in [6, 6.07) is 5.76. The molecule has 0 saturated carbocycles. The molecule has 1 atom stereocenters. The number of hydrogen-bond acceptors (Lipinski definition) is 3. The molecule has 4 nitrogen and oxygen atoms in total. The van der Waals surface area contributed by atoms with E-state index in [1.807, 2.05) is 0 Å². The van der Waals surface area contributed by atoms with Crippen LogP contribution in [0.25, 0.3) is 10.9 Å². The van der Waals surface area contributed by atoms with Gasteiger partial charge in [-0.1, -0.05) is 0 Å². The Labute approximate surface area is 110 Å². The second-order valence-electron chi connectivity index (χ2n) is 4.53. The number of aliphatic hydroxyl groups excluding tert-OH is 1. The molecule has 0 bridgehead atoms. The number of aryl methyl sites for hydroxylation is 1. The van der Waals surface area contributed by atoms with Gasteiger partial charge in [-0.3, -0.25) is 9.78 Å². The van der Waals surface area contributed by atoms with E-state index in [0.717, 1.165) is 0 Å². The molecular weight excluding hydrogens is 247 g/mol. The molecule has 0 spiro atoms. The summed E-state index contributed by atoms with van der Waals surface area (Å²) in [5, 5.41) is 12.2. The van der Waals surface area contributed by atoms with Gasteiger partial charge in [-0.05, 0) is 38.1 Å². The van der Waals surface area contributed by atoms with Crippen molar-refractivity contribution in [1.82, 2.24) is 10.3 Å². The SMILES string of the molecule is Cc1cc(C(=O)NCC(C)O)c2cc(F)ccc2n1. The third-order valence-corrected chi connectivity index (χ3v) is 2.70. The molecule has 5 heteroatoms. The van der Waals surface area contributed by atoms with Crippen LogP contribution in [0, 0.1) is 12.7 Å². The minimum Gasteiger partial charge on any atom is -0.392 e. The maximum Gasteiger partial charge on any atom is 0.252 e. The third-order valence-electron chi connectivity index (χ3n) is 2.70. The van der Waals surface area contributed by atoms with Crippen LogP contribution in [0.5, 0.6) is 0 Å². The number of halogens is 1. The molecule has 1 heterocycles. The van der Waals surface area contributed by atoms with E-state index in [4.69, 9.17) is 0 Å². The predicted octanol–water partition coefficient (Wildman–Crippen LogP) is 1.79. The van der Waals surface area contributed by atoms with Crippen LogP contribution in [0.1, 0.15) is 23.0 Å². The molecule has 0 radical (unpaired) electrons. The van der Waals surface area contributed by atoms with Crippen molar-refractivity contribution < 1.29 is 14.3 Å². The Morgan fingerprint density at radius 1 is 1.47 bits per heavy atom. The summed E-state index contributed by atoms with van der Waals surface area (Å²) in [5.74, 6) is -0.760. The van der Waals surface area contributed by atoms with Crippen LogP contribution in [-0.4, -0.2) is 28.6 Å². The zero-order chi connectivity index (χ0) is 14.0. The summed E-state index contributed by atoms with van der Waals surface area (Å²) >= 11 is 0. The van der Waals surface area contributed by atoms with E-state index in [9.17, 15) is 14.3 Å². The second kappa shape index (κ2) is 5.32. The zero-order valence-electron chi connectivity index (χ0n) is 10.8. The van der Waals surface area contributed by atoms with Gasteiger partial charge in [-0.2, -0.15) is 0 Å². The molecule has 100 valence electrons. The van der Waals surface area contributed by atoms with Crippen molar-refractivity contribution in [3.05, 3.63) is 41.3 Å². The first kappa shape index (κ1) is 13.4. The Morgan fingerprint density at radius 2 is 2.21 bits per heavy atom. The Balaban J connectivity index is 2.46. The first-order valence-electron chi connectivity index (χ1n) is 6.00. The van der Waals surface area contributed by atoms with E-state index in [1.165, 1.54) is 12.1 Å². The maximum atomic E-state index is 13.3. The van der Waals surface area contributed by atoms with Crippen molar-refractivity contribution in [1.29, 1.82) is 0 Å². The Bertz CT molecular complexity index is 626. The molecular formula is C14H15FN2O2. The lowest BCUT2D eigenvalue weighted by molar-refractivity contribution is 0.0925. The Morgan fingerprint density at radius 3 is 2.89 bits per heavy atom. The summed E-state index contributed by atoms with van der Waals surface area (Å²) in [4.78, 5) is 16.3. The Kier molecular flexibility index (Phi) is 3.76.